The highest BCUT2D eigenvalue weighted by Gasteiger charge is 2.22. The van der Waals surface area contributed by atoms with Gasteiger partial charge in [0.2, 0.25) is 0 Å². The fraction of sp³-hybridized carbons (Fsp3) is 0.562. The molecule has 1 heterocycles. The average Bonchev–Trinajstić information content (AvgIpc) is 2.92. The third-order valence-electron chi connectivity index (χ3n) is 4.36. The van der Waals surface area contributed by atoms with Crippen molar-refractivity contribution in [2.24, 2.45) is 5.92 Å². The smallest absolute Gasteiger partial charge is 0.166 e. The van der Waals surface area contributed by atoms with Crippen LogP contribution in [0.1, 0.15) is 32.1 Å². The Morgan fingerprint density at radius 1 is 1.30 bits per heavy atom. The van der Waals surface area contributed by atoms with Crippen LogP contribution in [-0.2, 0) is 0 Å². The van der Waals surface area contributed by atoms with E-state index in [9.17, 15) is 0 Å². The van der Waals surface area contributed by atoms with Crippen LogP contribution in [-0.4, -0.2) is 28.8 Å². The fourth-order valence-corrected chi connectivity index (χ4v) is 4.28. The number of hydrogen-bond acceptors (Lipinski definition) is 3. The van der Waals surface area contributed by atoms with Gasteiger partial charge in [0.15, 0.2) is 5.16 Å². The number of nitrogens with one attached hydrogen (secondary N) is 2. The third kappa shape index (κ3) is 3.18. The molecule has 1 saturated carbocycles. The maximum absolute atomic E-state index is 4.64. The van der Waals surface area contributed by atoms with Crippen LogP contribution in [0.5, 0.6) is 0 Å². The van der Waals surface area contributed by atoms with E-state index in [0.717, 1.165) is 27.9 Å². The molecule has 20 heavy (non-hydrogen) atoms. The lowest BCUT2D eigenvalue weighted by Gasteiger charge is -2.29. The van der Waals surface area contributed by atoms with Crippen molar-refractivity contribution >= 4 is 22.8 Å². The van der Waals surface area contributed by atoms with Crippen LogP contribution in [0.2, 0.25) is 0 Å². The summed E-state index contributed by atoms with van der Waals surface area (Å²) in [5.41, 5.74) is 2.20. The molecule has 3 rings (SSSR count). The number of aromatic amines is 1. The molecule has 3 nitrogen and oxygen atoms in total. The van der Waals surface area contributed by atoms with E-state index in [1.807, 2.05) is 23.9 Å². The molecular weight excluding hydrogens is 266 g/mol. The molecule has 0 saturated heterocycles. The molecule has 1 aliphatic rings. The van der Waals surface area contributed by atoms with Crippen LogP contribution in [0.4, 0.5) is 0 Å². The first kappa shape index (κ1) is 14.0. The van der Waals surface area contributed by atoms with E-state index in [2.05, 4.69) is 34.5 Å². The molecule has 1 aliphatic carbocycles. The van der Waals surface area contributed by atoms with Crippen molar-refractivity contribution in [3.05, 3.63) is 24.3 Å². The number of imidazole rings is 1. The summed E-state index contributed by atoms with van der Waals surface area (Å²) in [4.78, 5) is 8.05. The first-order chi connectivity index (χ1) is 9.86. The van der Waals surface area contributed by atoms with Crippen LogP contribution in [0, 0.1) is 5.92 Å². The van der Waals surface area contributed by atoms with Gasteiger partial charge >= 0.3 is 0 Å². The molecule has 0 spiro atoms. The van der Waals surface area contributed by atoms with Gasteiger partial charge in [-0.3, -0.25) is 0 Å². The van der Waals surface area contributed by atoms with Gasteiger partial charge in [-0.15, -0.1) is 0 Å². The van der Waals surface area contributed by atoms with Gasteiger partial charge in [-0.1, -0.05) is 43.2 Å². The van der Waals surface area contributed by atoms with Gasteiger partial charge in [-0.2, -0.15) is 0 Å². The number of H-pyrrole nitrogens is 1. The number of para-hydroxylation sites is 2. The Labute approximate surface area is 124 Å². The zero-order chi connectivity index (χ0) is 13.8. The molecule has 1 fully saturated rings. The summed E-state index contributed by atoms with van der Waals surface area (Å²) in [7, 11) is 2.10. The third-order valence-corrected chi connectivity index (χ3v) is 5.35. The Bertz CT molecular complexity index is 512. The molecular formula is C16H23N3S. The number of nitrogens with zero attached hydrogens (tertiary/aromatic N) is 1. The lowest BCUT2D eigenvalue weighted by molar-refractivity contribution is 0.294. The fourth-order valence-electron chi connectivity index (χ4n) is 3.16. The van der Waals surface area contributed by atoms with Crippen LogP contribution >= 0.6 is 11.8 Å². The minimum absolute atomic E-state index is 0.605. The molecule has 0 amide bonds. The van der Waals surface area contributed by atoms with Gasteiger partial charge in [0.25, 0.3) is 0 Å². The number of rotatable bonds is 5. The monoisotopic (exact) mass is 289 g/mol. The van der Waals surface area contributed by atoms with Crippen molar-refractivity contribution in [1.29, 1.82) is 0 Å². The average molecular weight is 289 g/mol. The summed E-state index contributed by atoms with van der Waals surface area (Å²) >= 11 is 1.84. The molecule has 108 valence electrons. The topological polar surface area (TPSA) is 40.7 Å². The first-order valence-corrected chi connectivity index (χ1v) is 8.60. The van der Waals surface area contributed by atoms with E-state index in [1.165, 1.54) is 32.1 Å². The second-order valence-electron chi connectivity index (χ2n) is 5.66. The summed E-state index contributed by atoms with van der Waals surface area (Å²) < 4.78 is 0. The Morgan fingerprint density at radius 3 is 2.85 bits per heavy atom. The zero-order valence-electron chi connectivity index (χ0n) is 12.1. The maximum atomic E-state index is 4.64. The van der Waals surface area contributed by atoms with Crippen LogP contribution in [0.3, 0.4) is 0 Å². The minimum atomic E-state index is 0.605. The van der Waals surface area contributed by atoms with Gasteiger partial charge in [0.1, 0.15) is 0 Å². The van der Waals surface area contributed by atoms with Crippen molar-refractivity contribution in [2.75, 3.05) is 12.8 Å². The van der Waals surface area contributed by atoms with E-state index < -0.39 is 0 Å². The second-order valence-corrected chi connectivity index (χ2v) is 6.67. The highest BCUT2D eigenvalue weighted by Crippen LogP contribution is 2.29. The largest absolute Gasteiger partial charge is 0.333 e. The Balaban J connectivity index is 1.61. The van der Waals surface area contributed by atoms with Gasteiger partial charge in [0, 0.05) is 11.8 Å². The molecule has 1 unspecified atom stereocenters. The molecule has 0 radical (unpaired) electrons. The molecule has 1 aromatic carbocycles. The lowest BCUT2D eigenvalue weighted by atomic mass is 9.84. The Kier molecular flexibility index (Phi) is 4.63. The summed E-state index contributed by atoms with van der Waals surface area (Å²) in [6.07, 6.45) is 6.98. The second kappa shape index (κ2) is 6.64. The summed E-state index contributed by atoms with van der Waals surface area (Å²) in [6, 6.07) is 8.84. The Hall–Kier alpha value is -1.00. The summed E-state index contributed by atoms with van der Waals surface area (Å²) in [5, 5.41) is 4.56. The number of benzene rings is 1. The predicted molar refractivity (Wildman–Crippen MR) is 86.2 cm³/mol. The van der Waals surface area contributed by atoms with Crippen molar-refractivity contribution in [1.82, 2.24) is 15.3 Å². The van der Waals surface area contributed by atoms with E-state index in [-0.39, 0.29) is 0 Å². The van der Waals surface area contributed by atoms with Crippen molar-refractivity contribution < 1.29 is 0 Å². The van der Waals surface area contributed by atoms with E-state index in [0.29, 0.717) is 6.04 Å². The van der Waals surface area contributed by atoms with Gasteiger partial charge < -0.3 is 10.3 Å². The van der Waals surface area contributed by atoms with Crippen LogP contribution in [0.15, 0.2) is 29.4 Å². The predicted octanol–water partition coefficient (Wildman–Crippen LogP) is 3.82. The van der Waals surface area contributed by atoms with E-state index >= 15 is 0 Å². The van der Waals surface area contributed by atoms with E-state index in [4.69, 9.17) is 0 Å². The molecule has 2 aromatic rings. The number of thioether (sulfide) groups is 1. The number of fused-ring (bicyclic) bond motifs is 1. The van der Waals surface area contributed by atoms with Gasteiger partial charge in [0.05, 0.1) is 11.0 Å². The molecule has 1 aromatic heterocycles. The summed E-state index contributed by atoms with van der Waals surface area (Å²) in [6.45, 7) is 0. The first-order valence-electron chi connectivity index (χ1n) is 7.61. The molecule has 0 aliphatic heterocycles. The number of hydrogen-bond donors (Lipinski definition) is 2. The van der Waals surface area contributed by atoms with Crippen LogP contribution in [0.25, 0.3) is 11.0 Å². The standard InChI is InChI=1S/C16H23N3S/c1-17-15(12-7-3-2-4-8-12)11-20-16-18-13-9-5-6-10-14(13)19-16/h5-6,9-10,12,15,17H,2-4,7-8,11H2,1H3,(H,18,19). The minimum Gasteiger partial charge on any atom is -0.333 e. The quantitative estimate of drug-likeness (QED) is 0.822. The molecule has 2 N–H and O–H groups in total. The number of aromatic nitrogens is 2. The van der Waals surface area contributed by atoms with Crippen molar-refractivity contribution in [3.63, 3.8) is 0 Å². The van der Waals surface area contributed by atoms with Gasteiger partial charge in [-0.05, 0) is 37.9 Å². The van der Waals surface area contributed by atoms with Gasteiger partial charge in [-0.25, -0.2) is 4.98 Å². The lowest BCUT2D eigenvalue weighted by Crippen LogP contribution is -2.36. The van der Waals surface area contributed by atoms with Crippen molar-refractivity contribution in [3.8, 4) is 0 Å². The zero-order valence-corrected chi connectivity index (χ0v) is 12.9. The normalized spacial score (nSPS) is 18.4. The maximum Gasteiger partial charge on any atom is 0.166 e. The molecule has 4 heteroatoms. The highest BCUT2D eigenvalue weighted by molar-refractivity contribution is 7.99. The van der Waals surface area contributed by atoms with Crippen molar-refractivity contribution in [2.45, 2.75) is 43.3 Å². The van der Waals surface area contributed by atoms with E-state index in [1.54, 1.807) is 0 Å². The molecule has 0 bridgehead atoms. The van der Waals surface area contributed by atoms with Crippen LogP contribution < -0.4 is 5.32 Å². The summed E-state index contributed by atoms with van der Waals surface area (Å²) in [5.74, 6) is 1.94. The molecule has 1 atom stereocenters. The highest BCUT2D eigenvalue weighted by atomic mass is 32.2. The Morgan fingerprint density at radius 2 is 2.10 bits per heavy atom. The SMILES string of the molecule is CNC(CSc1nc2ccccc2[nH]1)C1CCCCC1.